The maximum Gasteiger partial charge on any atom is 0.0851 e. The molecule has 2 atom stereocenters. The molecule has 1 N–H and O–H groups in total. The fourth-order valence-electron chi connectivity index (χ4n) is 4.81. The summed E-state index contributed by atoms with van der Waals surface area (Å²) in [5.74, 6) is 0. The minimum atomic E-state index is -0.275. The third-order valence-corrected chi connectivity index (χ3v) is 6.40. The van der Waals surface area contributed by atoms with Crippen LogP contribution in [0, 0.1) is 0 Å². The van der Waals surface area contributed by atoms with E-state index in [9.17, 15) is 5.11 Å². The zero-order chi connectivity index (χ0) is 18.0. The number of aliphatic hydroxyl groups is 1. The normalized spacial score (nSPS) is 27.4. The van der Waals surface area contributed by atoms with E-state index in [0.717, 1.165) is 52.0 Å². The van der Waals surface area contributed by atoms with E-state index in [4.69, 9.17) is 0 Å². The first-order chi connectivity index (χ1) is 12.7. The zero-order valence-corrected chi connectivity index (χ0v) is 15.7. The third kappa shape index (κ3) is 3.43. The van der Waals surface area contributed by atoms with Gasteiger partial charge in [-0.2, -0.15) is 5.10 Å². The van der Waals surface area contributed by atoms with Gasteiger partial charge in [0, 0.05) is 45.0 Å². The highest BCUT2D eigenvalue weighted by atomic mass is 16.3. The van der Waals surface area contributed by atoms with Gasteiger partial charge in [0.15, 0.2) is 0 Å². The monoisotopic (exact) mass is 354 g/mol. The minimum Gasteiger partial charge on any atom is -0.390 e. The van der Waals surface area contributed by atoms with Crippen LogP contribution in [0.25, 0.3) is 0 Å². The maximum atomic E-state index is 11.1. The van der Waals surface area contributed by atoms with Crippen LogP contribution in [0.4, 0.5) is 0 Å². The summed E-state index contributed by atoms with van der Waals surface area (Å²) in [4.78, 5) is 4.95. The van der Waals surface area contributed by atoms with Crippen LogP contribution in [0.3, 0.4) is 0 Å². The largest absolute Gasteiger partial charge is 0.390 e. The summed E-state index contributed by atoms with van der Waals surface area (Å²) in [6.07, 6.45) is 6.02. The van der Waals surface area contributed by atoms with Gasteiger partial charge >= 0.3 is 0 Å². The van der Waals surface area contributed by atoms with E-state index in [1.54, 1.807) is 0 Å². The van der Waals surface area contributed by atoms with Crippen LogP contribution in [0.2, 0.25) is 0 Å². The minimum absolute atomic E-state index is 0.0161. The second-order valence-electron chi connectivity index (χ2n) is 7.88. The van der Waals surface area contributed by atoms with Crippen molar-refractivity contribution in [3.63, 3.8) is 0 Å². The summed E-state index contributed by atoms with van der Waals surface area (Å²) >= 11 is 0. The molecule has 2 aromatic rings. The molecule has 1 aromatic carbocycles. The highest BCUT2D eigenvalue weighted by Crippen LogP contribution is 2.39. The molecule has 26 heavy (non-hydrogen) atoms. The predicted octanol–water partition coefficient (Wildman–Crippen LogP) is 2.06. The molecular formula is C21H30N4O. The number of benzene rings is 1. The van der Waals surface area contributed by atoms with E-state index in [1.165, 1.54) is 17.7 Å². The van der Waals surface area contributed by atoms with Crippen LogP contribution in [0.5, 0.6) is 0 Å². The number of nitrogens with zero attached hydrogens (tertiary/aromatic N) is 4. The Kier molecular flexibility index (Phi) is 5.11. The number of hydrogen-bond acceptors (Lipinski definition) is 4. The first-order valence-electron chi connectivity index (χ1n) is 9.84. The number of hydrogen-bond donors (Lipinski definition) is 1. The maximum absolute atomic E-state index is 11.1. The zero-order valence-electron chi connectivity index (χ0n) is 15.7. The Bertz CT molecular complexity index is 716. The molecule has 0 aliphatic carbocycles. The number of rotatable bonds is 5. The molecule has 140 valence electrons. The molecule has 2 aliphatic heterocycles. The molecule has 0 unspecified atom stereocenters. The molecule has 4 rings (SSSR count). The van der Waals surface area contributed by atoms with E-state index in [1.807, 2.05) is 17.9 Å². The first kappa shape index (κ1) is 17.7. The molecule has 5 nitrogen and oxygen atoms in total. The van der Waals surface area contributed by atoms with Gasteiger partial charge in [-0.05, 0) is 43.9 Å². The molecule has 0 radical (unpaired) electrons. The third-order valence-electron chi connectivity index (χ3n) is 6.40. The first-order valence-corrected chi connectivity index (χ1v) is 9.84. The molecular weight excluding hydrogens is 324 g/mol. The highest BCUT2D eigenvalue weighted by molar-refractivity contribution is 5.16. The Balaban J connectivity index is 1.39. The number of β-amino-alcohol motifs (C(OH)–C–C–N with tert-alkyl or cyclic N) is 1. The Labute approximate surface area is 156 Å². The Morgan fingerprint density at radius 1 is 1.15 bits per heavy atom. The number of aryl methyl sites for hydroxylation is 1. The van der Waals surface area contributed by atoms with Crippen LogP contribution < -0.4 is 0 Å². The Morgan fingerprint density at radius 3 is 2.73 bits per heavy atom. The lowest BCUT2D eigenvalue weighted by molar-refractivity contribution is -0.0653. The van der Waals surface area contributed by atoms with Crippen LogP contribution in [0.1, 0.15) is 30.5 Å². The lowest BCUT2D eigenvalue weighted by Crippen LogP contribution is -2.61. The standard InChI is InChI=1S/C21H30N4O/c1-23-19(8-12-22-23)16-24-15-11-21(20(26)17-24)10-5-13-25(21)14-9-18-6-3-2-4-7-18/h2-4,6-8,12,20,26H,5,9-11,13-17H2,1H3/t20-,21-/m0/s1. The molecule has 2 saturated heterocycles. The Hall–Kier alpha value is -1.69. The van der Waals surface area contributed by atoms with Gasteiger partial charge in [-0.25, -0.2) is 0 Å². The summed E-state index contributed by atoms with van der Waals surface area (Å²) in [7, 11) is 1.99. The van der Waals surface area contributed by atoms with Crippen LogP contribution >= 0.6 is 0 Å². The molecule has 5 heteroatoms. The van der Waals surface area contributed by atoms with Gasteiger partial charge in [0.25, 0.3) is 0 Å². The van der Waals surface area contributed by atoms with E-state index >= 15 is 0 Å². The van der Waals surface area contributed by atoms with Crippen molar-refractivity contribution in [3.05, 3.63) is 53.9 Å². The van der Waals surface area contributed by atoms with Crippen molar-refractivity contribution in [1.82, 2.24) is 19.6 Å². The second-order valence-corrected chi connectivity index (χ2v) is 7.88. The quantitative estimate of drug-likeness (QED) is 0.893. The van der Waals surface area contributed by atoms with E-state index in [-0.39, 0.29) is 11.6 Å². The smallest absolute Gasteiger partial charge is 0.0851 e. The fraction of sp³-hybridized carbons (Fsp3) is 0.571. The predicted molar refractivity (Wildman–Crippen MR) is 103 cm³/mol. The lowest BCUT2D eigenvalue weighted by atomic mass is 9.82. The number of aliphatic hydroxyl groups excluding tert-OH is 1. The molecule has 1 spiro atoms. The highest BCUT2D eigenvalue weighted by Gasteiger charge is 2.48. The number of aromatic nitrogens is 2. The number of likely N-dealkylation sites (tertiary alicyclic amines) is 2. The molecule has 3 heterocycles. The second kappa shape index (κ2) is 7.51. The van der Waals surface area contributed by atoms with Crippen molar-refractivity contribution in [1.29, 1.82) is 0 Å². The molecule has 2 fully saturated rings. The summed E-state index contributed by atoms with van der Waals surface area (Å²) in [5, 5.41) is 15.3. The van der Waals surface area contributed by atoms with Gasteiger partial charge in [-0.1, -0.05) is 30.3 Å². The SMILES string of the molecule is Cn1nccc1CN1CC[C@@]2(CCCN2CCc2ccccc2)[C@@H](O)C1. The lowest BCUT2D eigenvalue weighted by Gasteiger charge is -2.48. The summed E-state index contributed by atoms with van der Waals surface area (Å²) in [5.41, 5.74) is 2.58. The van der Waals surface area contributed by atoms with Crippen LogP contribution in [0.15, 0.2) is 42.6 Å². The van der Waals surface area contributed by atoms with Crippen molar-refractivity contribution in [2.75, 3.05) is 26.2 Å². The van der Waals surface area contributed by atoms with Crippen molar-refractivity contribution in [3.8, 4) is 0 Å². The van der Waals surface area contributed by atoms with E-state index < -0.39 is 0 Å². The van der Waals surface area contributed by atoms with Gasteiger partial charge in [-0.15, -0.1) is 0 Å². The molecule has 1 aromatic heterocycles. The fourth-order valence-corrected chi connectivity index (χ4v) is 4.81. The van der Waals surface area contributed by atoms with Gasteiger partial charge in [-0.3, -0.25) is 14.5 Å². The molecule has 0 amide bonds. The van der Waals surface area contributed by atoms with Gasteiger partial charge in [0.2, 0.25) is 0 Å². The molecule has 0 bridgehead atoms. The average molecular weight is 354 g/mol. The summed E-state index contributed by atoms with van der Waals surface area (Å²) < 4.78 is 1.93. The van der Waals surface area contributed by atoms with Crippen molar-refractivity contribution >= 4 is 0 Å². The van der Waals surface area contributed by atoms with E-state index in [2.05, 4.69) is 51.3 Å². The van der Waals surface area contributed by atoms with Crippen LogP contribution in [-0.4, -0.2) is 62.5 Å². The average Bonchev–Trinajstić information content (AvgIpc) is 3.25. The molecule has 2 aliphatic rings. The van der Waals surface area contributed by atoms with Crippen molar-refractivity contribution in [2.24, 2.45) is 7.05 Å². The van der Waals surface area contributed by atoms with Gasteiger partial charge < -0.3 is 5.11 Å². The topological polar surface area (TPSA) is 44.5 Å². The molecule has 0 saturated carbocycles. The van der Waals surface area contributed by atoms with Crippen molar-refractivity contribution in [2.45, 2.75) is 43.9 Å². The Morgan fingerprint density at radius 2 is 2.00 bits per heavy atom. The van der Waals surface area contributed by atoms with Gasteiger partial charge in [0.05, 0.1) is 11.8 Å². The summed E-state index contributed by atoms with van der Waals surface area (Å²) in [6.45, 7) is 4.83. The van der Waals surface area contributed by atoms with Crippen LogP contribution in [-0.2, 0) is 20.0 Å². The summed E-state index contributed by atoms with van der Waals surface area (Å²) in [6, 6.07) is 12.8. The number of piperidine rings is 1. The van der Waals surface area contributed by atoms with E-state index in [0.29, 0.717) is 0 Å². The van der Waals surface area contributed by atoms with Gasteiger partial charge in [0.1, 0.15) is 0 Å². The van der Waals surface area contributed by atoms with Crippen molar-refractivity contribution < 1.29 is 5.11 Å².